The van der Waals surface area contributed by atoms with Crippen molar-refractivity contribution in [1.82, 2.24) is 25.0 Å². The van der Waals surface area contributed by atoms with Crippen LogP contribution in [0.4, 0.5) is 8.78 Å². The normalized spacial score (nSPS) is 17.0. The molecule has 1 aromatic heterocycles. The van der Waals surface area contributed by atoms with Gasteiger partial charge in [0.25, 0.3) is 5.91 Å². The van der Waals surface area contributed by atoms with Gasteiger partial charge < -0.3 is 34.5 Å². The Morgan fingerprint density at radius 3 is 2.25 bits per heavy atom. The topological polar surface area (TPSA) is 105 Å². The van der Waals surface area contributed by atoms with Gasteiger partial charge in [0.15, 0.2) is 11.6 Å². The number of nitrogens with zero attached hydrogens (tertiary/aromatic N) is 3. The van der Waals surface area contributed by atoms with Gasteiger partial charge in [0.05, 0.1) is 38.0 Å². The monoisotopic (exact) mass is 667 g/mol. The highest BCUT2D eigenvalue weighted by Gasteiger charge is 2.36. The first-order valence-electron chi connectivity index (χ1n) is 17.0. The number of hydrogen-bond donors (Lipinski definition) is 2. The van der Waals surface area contributed by atoms with E-state index < -0.39 is 23.7 Å². The van der Waals surface area contributed by atoms with Crippen LogP contribution in [0.25, 0.3) is 10.9 Å². The third-order valence-corrected chi connectivity index (χ3v) is 9.50. The smallest absolute Gasteiger partial charge is 0.270 e. The van der Waals surface area contributed by atoms with E-state index in [0.717, 1.165) is 49.8 Å². The van der Waals surface area contributed by atoms with Crippen LogP contribution in [0.3, 0.4) is 0 Å². The number of carbonyl (C=O) groups is 3. The van der Waals surface area contributed by atoms with E-state index in [-0.39, 0.29) is 36.8 Å². The van der Waals surface area contributed by atoms with Gasteiger partial charge in [0.1, 0.15) is 11.7 Å². The molecule has 2 fully saturated rings. The molecule has 2 N–H and O–H groups in total. The number of piperazine rings is 1. The number of carbonyl (C=O) groups excluding carboxylic acids is 3. The van der Waals surface area contributed by atoms with Crippen molar-refractivity contribution in [2.45, 2.75) is 64.3 Å². The molecule has 1 unspecified atom stereocenters. The predicted molar refractivity (Wildman–Crippen MR) is 178 cm³/mol. The van der Waals surface area contributed by atoms with E-state index in [9.17, 15) is 23.2 Å². The van der Waals surface area contributed by atoms with E-state index in [2.05, 4.69) is 10.6 Å². The third kappa shape index (κ3) is 8.77. The summed E-state index contributed by atoms with van der Waals surface area (Å²) in [4.78, 5) is 43.9. The molecule has 5 rings (SSSR count). The average Bonchev–Trinajstić information content (AvgIpc) is 3.46. The molecule has 1 aliphatic heterocycles. The van der Waals surface area contributed by atoms with E-state index in [1.54, 1.807) is 34.4 Å². The highest BCUT2D eigenvalue weighted by atomic mass is 19.2. The molecule has 10 nitrogen and oxygen atoms in total. The molecule has 3 amide bonds. The number of fused-ring (bicyclic) bond motifs is 1. The van der Waals surface area contributed by atoms with Gasteiger partial charge in [-0.25, -0.2) is 8.78 Å². The lowest BCUT2D eigenvalue weighted by atomic mass is 9.83. The fourth-order valence-electron chi connectivity index (χ4n) is 6.56. The molecule has 1 saturated carbocycles. The van der Waals surface area contributed by atoms with Crippen molar-refractivity contribution in [3.8, 4) is 0 Å². The standard InChI is InChI=1S/C36H47F2N5O5/c1-25(39-2)34(44)40-33(27-11-7-4-8-12-27)36(46)42-15-13-41(14-16-42)35(45)32-22-28-21-29(37)30(38)23-31(28)43(32)17-18-47-19-20-48-24-26-9-5-3-6-10-26/h3,5-6,9-10,21-23,25,27,33,39H,4,7-8,11-20,24H2,1-2H3,(H,40,44)/t25?,33-/m0/s1. The molecule has 2 atom stereocenters. The van der Waals surface area contributed by atoms with E-state index in [0.29, 0.717) is 62.6 Å². The van der Waals surface area contributed by atoms with E-state index in [4.69, 9.17) is 9.47 Å². The molecule has 3 aromatic rings. The quantitative estimate of drug-likeness (QED) is 0.251. The lowest BCUT2D eigenvalue weighted by Gasteiger charge is -2.39. The number of rotatable bonds is 14. The van der Waals surface area contributed by atoms with Crippen LogP contribution < -0.4 is 10.6 Å². The Bertz CT molecular complexity index is 1540. The summed E-state index contributed by atoms with van der Waals surface area (Å²) in [5, 5.41) is 6.36. The Kier molecular flexibility index (Phi) is 12.5. The maximum absolute atomic E-state index is 14.3. The predicted octanol–water partition coefficient (Wildman–Crippen LogP) is 4.11. The van der Waals surface area contributed by atoms with Crippen molar-refractivity contribution < 1.29 is 32.6 Å². The molecule has 1 aliphatic carbocycles. The second kappa shape index (κ2) is 17.0. The number of aromatic nitrogens is 1. The van der Waals surface area contributed by atoms with Gasteiger partial charge in [-0.2, -0.15) is 0 Å². The summed E-state index contributed by atoms with van der Waals surface area (Å²) in [7, 11) is 1.71. The first-order valence-corrected chi connectivity index (χ1v) is 17.0. The zero-order chi connectivity index (χ0) is 34.0. The second-order valence-electron chi connectivity index (χ2n) is 12.7. The van der Waals surface area contributed by atoms with Crippen molar-refractivity contribution in [2.75, 3.05) is 53.0 Å². The van der Waals surface area contributed by atoms with Gasteiger partial charge in [0.2, 0.25) is 11.8 Å². The number of benzene rings is 2. The minimum Gasteiger partial charge on any atom is -0.377 e. The molecule has 2 aromatic carbocycles. The largest absolute Gasteiger partial charge is 0.377 e. The van der Waals surface area contributed by atoms with Gasteiger partial charge in [-0.15, -0.1) is 0 Å². The lowest BCUT2D eigenvalue weighted by Crippen LogP contribution is -2.59. The summed E-state index contributed by atoms with van der Waals surface area (Å²) in [6, 6.07) is 12.6. The van der Waals surface area contributed by atoms with Crippen LogP contribution in [0.5, 0.6) is 0 Å². The molecule has 0 spiro atoms. The van der Waals surface area contributed by atoms with Crippen molar-refractivity contribution in [2.24, 2.45) is 5.92 Å². The van der Waals surface area contributed by atoms with Crippen LogP contribution in [0.2, 0.25) is 0 Å². The van der Waals surface area contributed by atoms with Crippen molar-refractivity contribution in [3.63, 3.8) is 0 Å². The minimum atomic E-state index is -0.994. The Morgan fingerprint density at radius 2 is 1.54 bits per heavy atom. The molecule has 0 radical (unpaired) electrons. The molecular weight excluding hydrogens is 620 g/mol. The van der Waals surface area contributed by atoms with Gasteiger partial charge in [0, 0.05) is 44.2 Å². The second-order valence-corrected chi connectivity index (χ2v) is 12.7. The summed E-state index contributed by atoms with van der Waals surface area (Å²) < 4.78 is 41.6. The minimum absolute atomic E-state index is 0.0769. The number of ether oxygens (including phenoxy) is 2. The van der Waals surface area contributed by atoms with Crippen LogP contribution >= 0.6 is 0 Å². The van der Waals surface area contributed by atoms with E-state index in [1.807, 2.05) is 30.3 Å². The van der Waals surface area contributed by atoms with Crippen LogP contribution in [-0.2, 0) is 32.2 Å². The molecule has 2 heterocycles. The Labute approximate surface area is 280 Å². The van der Waals surface area contributed by atoms with E-state index in [1.165, 1.54) is 0 Å². The Balaban J connectivity index is 1.21. The van der Waals surface area contributed by atoms with Gasteiger partial charge in [-0.3, -0.25) is 14.4 Å². The number of hydrogen-bond acceptors (Lipinski definition) is 6. The van der Waals surface area contributed by atoms with Crippen LogP contribution in [0.15, 0.2) is 48.5 Å². The Hall–Kier alpha value is -3.87. The zero-order valence-corrected chi connectivity index (χ0v) is 27.9. The summed E-state index contributed by atoms with van der Waals surface area (Å²) in [6.07, 6.45) is 4.97. The summed E-state index contributed by atoms with van der Waals surface area (Å²) >= 11 is 0. The van der Waals surface area contributed by atoms with Gasteiger partial charge >= 0.3 is 0 Å². The molecular formula is C36H47F2N5O5. The van der Waals surface area contributed by atoms with Crippen LogP contribution in [-0.4, -0.2) is 97.2 Å². The fourth-order valence-corrected chi connectivity index (χ4v) is 6.56. The number of halogens is 2. The molecule has 1 saturated heterocycles. The van der Waals surface area contributed by atoms with Crippen molar-refractivity contribution in [3.05, 3.63) is 71.4 Å². The summed E-state index contributed by atoms with van der Waals surface area (Å²) in [5.41, 5.74) is 1.76. The number of amides is 3. The van der Waals surface area contributed by atoms with Gasteiger partial charge in [-0.1, -0.05) is 49.6 Å². The van der Waals surface area contributed by atoms with Crippen molar-refractivity contribution in [1.29, 1.82) is 0 Å². The molecule has 2 aliphatic rings. The average molecular weight is 668 g/mol. The summed E-state index contributed by atoms with van der Waals surface area (Å²) in [5.74, 6) is -2.51. The summed E-state index contributed by atoms with van der Waals surface area (Å²) in [6.45, 7) is 4.67. The number of likely N-dealkylation sites (N-methyl/N-ethyl adjacent to an activating group) is 1. The fraction of sp³-hybridized carbons (Fsp3) is 0.528. The molecule has 0 bridgehead atoms. The molecule has 12 heteroatoms. The maximum Gasteiger partial charge on any atom is 0.270 e. The van der Waals surface area contributed by atoms with Crippen molar-refractivity contribution >= 4 is 28.6 Å². The third-order valence-electron chi connectivity index (χ3n) is 9.50. The SMILES string of the molecule is CNC(C)C(=O)N[C@H](C(=O)N1CCN(C(=O)c2cc3cc(F)c(F)cc3n2CCOCCOCc2ccccc2)CC1)C1CCCCC1. The highest BCUT2D eigenvalue weighted by Crippen LogP contribution is 2.28. The molecule has 48 heavy (non-hydrogen) atoms. The maximum atomic E-state index is 14.3. The zero-order valence-electron chi connectivity index (χ0n) is 27.9. The highest BCUT2D eigenvalue weighted by molar-refractivity contribution is 5.99. The number of nitrogens with one attached hydrogen (secondary N) is 2. The van der Waals surface area contributed by atoms with Crippen LogP contribution in [0, 0.1) is 17.6 Å². The molecule has 260 valence electrons. The lowest BCUT2D eigenvalue weighted by molar-refractivity contribution is -0.140. The first-order chi connectivity index (χ1) is 23.3. The first kappa shape index (κ1) is 35.4. The van der Waals surface area contributed by atoms with E-state index >= 15 is 0 Å². The Morgan fingerprint density at radius 1 is 0.875 bits per heavy atom. The van der Waals surface area contributed by atoms with Gasteiger partial charge in [-0.05, 0) is 50.4 Å². The van der Waals surface area contributed by atoms with Crippen LogP contribution in [0.1, 0.15) is 55.1 Å².